The average molecular weight is 157 g/mol. The average Bonchev–Trinajstić information content (AvgIpc) is 2.04. The first-order valence-electron chi connectivity index (χ1n) is 4.17. The third kappa shape index (κ3) is 0.916. The third-order valence-corrected chi connectivity index (χ3v) is 3.17. The van der Waals surface area contributed by atoms with E-state index in [0.717, 1.165) is 25.9 Å². The van der Waals surface area contributed by atoms with E-state index < -0.39 is 0 Å². The van der Waals surface area contributed by atoms with Gasteiger partial charge >= 0.3 is 0 Å². The Hall–Kier alpha value is -0.120. The Morgan fingerprint density at radius 3 is 1.82 bits per heavy atom. The summed E-state index contributed by atoms with van der Waals surface area (Å²) in [4.78, 5) is 0. The Labute approximate surface area is 66.4 Å². The lowest BCUT2D eigenvalue weighted by Gasteiger charge is -2.59. The molecule has 0 spiro atoms. The molecule has 2 saturated heterocycles. The summed E-state index contributed by atoms with van der Waals surface area (Å²) < 4.78 is 0. The van der Waals surface area contributed by atoms with Crippen LogP contribution < -0.4 is 5.32 Å². The summed E-state index contributed by atoms with van der Waals surface area (Å²) in [5.74, 6) is 0. The van der Waals surface area contributed by atoms with Gasteiger partial charge in [-0.3, -0.25) is 0 Å². The van der Waals surface area contributed by atoms with Crippen molar-refractivity contribution >= 4 is 0 Å². The fourth-order valence-electron chi connectivity index (χ4n) is 2.72. The minimum Gasteiger partial charge on any atom is -0.396 e. The van der Waals surface area contributed by atoms with Crippen molar-refractivity contribution in [1.29, 1.82) is 0 Å². The maximum absolute atomic E-state index is 9.08. The molecule has 64 valence electrons. The summed E-state index contributed by atoms with van der Waals surface area (Å²) in [6.07, 6.45) is 2.00. The van der Waals surface area contributed by atoms with E-state index in [9.17, 15) is 0 Å². The van der Waals surface area contributed by atoms with Crippen molar-refractivity contribution in [2.24, 2.45) is 10.8 Å². The van der Waals surface area contributed by atoms with Gasteiger partial charge in [-0.25, -0.2) is 0 Å². The molecule has 3 nitrogen and oxygen atoms in total. The summed E-state index contributed by atoms with van der Waals surface area (Å²) in [5, 5.41) is 21.4. The maximum Gasteiger partial charge on any atom is 0.0500 e. The molecule has 0 aromatic heterocycles. The van der Waals surface area contributed by atoms with Crippen LogP contribution in [0.3, 0.4) is 0 Å². The lowest BCUT2D eigenvalue weighted by molar-refractivity contribution is -0.128. The molecule has 0 radical (unpaired) electrons. The molecule has 11 heavy (non-hydrogen) atoms. The van der Waals surface area contributed by atoms with Gasteiger partial charge in [0.05, 0.1) is 0 Å². The SMILES string of the molecule is OCC12CNCC(CO)(C1)C2. The fourth-order valence-corrected chi connectivity index (χ4v) is 2.72. The van der Waals surface area contributed by atoms with Crippen molar-refractivity contribution in [1.82, 2.24) is 5.32 Å². The van der Waals surface area contributed by atoms with E-state index in [4.69, 9.17) is 10.2 Å². The Morgan fingerprint density at radius 2 is 1.45 bits per heavy atom. The van der Waals surface area contributed by atoms with Gasteiger partial charge < -0.3 is 15.5 Å². The van der Waals surface area contributed by atoms with Crippen LogP contribution in [0, 0.1) is 10.8 Å². The van der Waals surface area contributed by atoms with E-state index in [1.54, 1.807) is 0 Å². The maximum atomic E-state index is 9.08. The molecule has 0 aromatic rings. The van der Waals surface area contributed by atoms with Gasteiger partial charge in [0.15, 0.2) is 0 Å². The number of piperidine rings is 2. The smallest absolute Gasteiger partial charge is 0.0500 e. The predicted octanol–water partition coefficient (Wildman–Crippen LogP) is -0.659. The van der Waals surface area contributed by atoms with Crippen LogP contribution in [0.4, 0.5) is 0 Å². The van der Waals surface area contributed by atoms with Crippen molar-refractivity contribution in [2.75, 3.05) is 26.3 Å². The number of hydrogen-bond donors (Lipinski definition) is 3. The lowest BCUT2D eigenvalue weighted by atomic mass is 9.51. The molecule has 2 aliphatic heterocycles. The zero-order valence-electron chi connectivity index (χ0n) is 6.64. The van der Waals surface area contributed by atoms with Gasteiger partial charge in [-0.2, -0.15) is 0 Å². The van der Waals surface area contributed by atoms with Crippen LogP contribution >= 0.6 is 0 Å². The normalized spacial score (nSPS) is 48.5. The largest absolute Gasteiger partial charge is 0.396 e. The van der Waals surface area contributed by atoms with Crippen molar-refractivity contribution in [3.63, 3.8) is 0 Å². The number of nitrogens with one attached hydrogen (secondary N) is 1. The van der Waals surface area contributed by atoms with E-state index in [-0.39, 0.29) is 24.0 Å². The van der Waals surface area contributed by atoms with Crippen molar-refractivity contribution in [2.45, 2.75) is 12.8 Å². The standard InChI is InChI=1S/C8H15NO2/c10-5-7-1-8(2-7,6-11)4-9-3-7/h9-11H,1-6H2. The van der Waals surface area contributed by atoms with Crippen LogP contribution in [0.1, 0.15) is 12.8 Å². The highest BCUT2D eigenvalue weighted by Crippen LogP contribution is 2.55. The third-order valence-electron chi connectivity index (χ3n) is 3.17. The van der Waals surface area contributed by atoms with E-state index in [0.29, 0.717) is 0 Å². The minimum atomic E-state index is 0.112. The summed E-state index contributed by atoms with van der Waals surface area (Å²) in [5.41, 5.74) is 0.224. The molecule has 3 N–H and O–H groups in total. The molecule has 3 fully saturated rings. The first kappa shape index (κ1) is 7.53. The molecule has 0 unspecified atom stereocenters. The van der Waals surface area contributed by atoms with Gasteiger partial charge in [0.2, 0.25) is 0 Å². The molecular weight excluding hydrogens is 142 g/mol. The quantitative estimate of drug-likeness (QED) is 0.499. The van der Waals surface area contributed by atoms with Gasteiger partial charge in [0, 0.05) is 37.1 Å². The predicted molar refractivity (Wildman–Crippen MR) is 41.1 cm³/mol. The Morgan fingerprint density at radius 1 is 1.00 bits per heavy atom. The molecule has 1 saturated carbocycles. The number of aliphatic hydroxyl groups excluding tert-OH is 2. The zero-order chi connectivity index (χ0) is 7.95. The molecular formula is C8H15NO2. The molecule has 3 aliphatic rings. The van der Waals surface area contributed by atoms with Gasteiger partial charge in [-0.1, -0.05) is 0 Å². The van der Waals surface area contributed by atoms with Crippen molar-refractivity contribution in [3.05, 3.63) is 0 Å². The number of aliphatic hydroxyl groups is 2. The highest BCUT2D eigenvalue weighted by molar-refractivity contribution is 5.08. The van der Waals surface area contributed by atoms with Crippen LogP contribution in [-0.4, -0.2) is 36.5 Å². The van der Waals surface area contributed by atoms with Crippen molar-refractivity contribution in [3.8, 4) is 0 Å². The monoisotopic (exact) mass is 157 g/mol. The van der Waals surface area contributed by atoms with E-state index in [2.05, 4.69) is 5.32 Å². The molecule has 2 heterocycles. The van der Waals surface area contributed by atoms with Gasteiger partial charge in [-0.15, -0.1) is 0 Å². The highest BCUT2D eigenvalue weighted by atomic mass is 16.3. The van der Waals surface area contributed by atoms with Crippen LogP contribution in [0.5, 0.6) is 0 Å². The number of hydrogen-bond acceptors (Lipinski definition) is 3. The molecule has 0 aromatic carbocycles. The van der Waals surface area contributed by atoms with E-state index in [1.165, 1.54) is 0 Å². The fraction of sp³-hybridized carbons (Fsp3) is 1.00. The van der Waals surface area contributed by atoms with Crippen LogP contribution in [0.15, 0.2) is 0 Å². The summed E-state index contributed by atoms with van der Waals surface area (Å²) >= 11 is 0. The first-order valence-corrected chi connectivity index (χ1v) is 4.17. The Bertz CT molecular complexity index is 147. The van der Waals surface area contributed by atoms with E-state index >= 15 is 0 Å². The second kappa shape index (κ2) is 2.19. The number of rotatable bonds is 2. The van der Waals surface area contributed by atoms with Gasteiger partial charge in [0.25, 0.3) is 0 Å². The Balaban J connectivity index is 2.05. The van der Waals surface area contributed by atoms with Gasteiger partial charge in [-0.05, 0) is 12.8 Å². The second-order valence-electron chi connectivity index (χ2n) is 4.27. The summed E-state index contributed by atoms with van der Waals surface area (Å²) in [6.45, 7) is 2.38. The zero-order valence-corrected chi connectivity index (χ0v) is 6.64. The molecule has 1 aliphatic carbocycles. The summed E-state index contributed by atoms with van der Waals surface area (Å²) in [6, 6.07) is 0. The molecule has 3 rings (SSSR count). The molecule has 0 atom stereocenters. The molecule has 0 amide bonds. The molecule has 3 heteroatoms. The lowest BCUT2D eigenvalue weighted by Crippen LogP contribution is -2.64. The van der Waals surface area contributed by atoms with Gasteiger partial charge in [0.1, 0.15) is 0 Å². The first-order chi connectivity index (χ1) is 5.24. The van der Waals surface area contributed by atoms with Crippen molar-refractivity contribution < 1.29 is 10.2 Å². The van der Waals surface area contributed by atoms with Crippen LogP contribution in [0.25, 0.3) is 0 Å². The minimum absolute atomic E-state index is 0.112. The topological polar surface area (TPSA) is 52.5 Å². The Kier molecular flexibility index (Phi) is 1.50. The molecule has 2 bridgehead atoms. The van der Waals surface area contributed by atoms with Crippen LogP contribution in [0.2, 0.25) is 0 Å². The second-order valence-corrected chi connectivity index (χ2v) is 4.27. The highest BCUT2D eigenvalue weighted by Gasteiger charge is 2.56. The van der Waals surface area contributed by atoms with E-state index in [1.807, 2.05) is 0 Å². The summed E-state index contributed by atoms with van der Waals surface area (Å²) in [7, 11) is 0. The van der Waals surface area contributed by atoms with Crippen LogP contribution in [-0.2, 0) is 0 Å². The number of fused-ring (bicyclic) bond motifs is 2.